The summed E-state index contributed by atoms with van der Waals surface area (Å²) in [6, 6.07) is 21.5. The van der Waals surface area contributed by atoms with Crippen LogP contribution in [0, 0.1) is 0 Å². The van der Waals surface area contributed by atoms with Crippen molar-refractivity contribution in [2.75, 3.05) is 19.7 Å². The Bertz CT molecular complexity index is 739. The van der Waals surface area contributed by atoms with Crippen LogP contribution in [0.25, 0.3) is 0 Å². The molecule has 0 saturated carbocycles. The molecule has 1 saturated heterocycles. The second-order valence-electron chi connectivity index (χ2n) is 6.35. The topological polar surface area (TPSA) is 33.6 Å². The van der Waals surface area contributed by atoms with Gasteiger partial charge in [0, 0.05) is 17.8 Å². The number of ether oxygens (including phenoxy) is 1. The van der Waals surface area contributed by atoms with E-state index in [1.54, 1.807) is 0 Å². The van der Waals surface area contributed by atoms with Gasteiger partial charge in [-0.2, -0.15) is 0 Å². The van der Waals surface area contributed by atoms with Gasteiger partial charge in [-0.25, -0.2) is 4.99 Å². The van der Waals surface area contributed by atoms with Gasteiger partial charge in [-0.1, -0.05) is 60.7 Å². The van der Waals surface area contributed by atoms with Crippen molar-refractivity contribution >= 4 is 5.90 Å². The van der Waals surface area contributed by atoms with E-state index in [0.717, 1.165) is 31.0 Å². The predicted molar refractivity (Wildman–Crippen MR) is 97.2 cm³/mol. The van der Waals surface area contributed by atoms with Crippen molar-refractivity contribution < 1.29 is 4.74 Å². The number of benzene rings is 2. The Morgan fingerprint density at radius 2 is 1.62 bits per heavy atom. The summed E-state index contributed by atoms with van der Waals surface area (Å²) < 4.78 is 5.74. The van der Waals surface area contributed by atoms with Crippen LogP contribution < -0.4 is 5.32 Å². The fourth-order valence-corrected chi connectivity index (χ4v) is 3.96. The molecule has 2 heterocycles. The molecule has 4 rings (SSSR count). The summed E-state index contributed by atoms with van der Waals surface area (Å²) in [4.78, 5) is 4.53. The summed E-state index contributed by atoms with van der Waals surface area (Å²) in [6.45, 7) is 4.51. The number of hydrogen-bond acceptors (Lipinski definition) is 3. The van der Waals surface area contributed by atoms with Crippen LogP contribution in [-0.4, -0.2) is 25.6 Å². The van der Waals surface area contributed by atoms with Crippen LogP contribution >= 0.6 is 0 Å². The fraction of sp³-hybridized carbons (Fsp3) is 0.286. The Morgan fingerprint density at radius 1 is 1.00 bits per heavy atom. The van der Waals surface area contributed by atoms with Crippen molar-refractivity contribution in [2.45, 2.75) is 18.8 Å². The highest BCUT2D eigenvalue weighted by Crippen LogP contribution is 2.45. The Labute approximate surface area is 143 Å². The number of aliphatic imine (C=N–C) groups is 1. The summed E-state index contributed by atoms with van der Waals surface area (Å²) in [5.41, 5.74) is 4.81. The minimum absolute atomic E-state index is 0.166. The molecular formula is C21H22N2O. The van der Waals surface area contributed by atoms with Gasteiger partial charge in [0.2, 0.25) is 5.90 Å². The number of rotatable bonds is 3. The van der Waals surface area contributed by atoms with Crippen molar-refractivity contribution in [3.05, 3.63) is 83.1 Å². The van der Waals surface area contributed by atoms with Gasteiger partial charge in [0.15, 0.2) is 0 Å². The van der Waals surface area contributed by atoms with E-state index < -0.39 is 0 Å². The predicted octanol–water partition coefficient (Wildman–Crippen LogP) is 3.67. The minimum Gasteiger partial charge on any atom is -0.476 e. The van der Waals surface area contributed by atoms with Crippen molar-refractivity contribution in [1.82, 2.24) is 5.32 Å². The quantitative estimate of drug-likeness (QED) is 0.937. The second kappa shape index (κ2) is 6.16. The van der Waals surface area contributed by atoms with E-state index in [4.69, 9.17) is 4.74 Å². The smallest absolute Gasteiger partial charge is 0.213 e. The number of nitrogens with zero attached hydrogens (tertiary/aromatic N) is 1. The Hall–Kier alpha value is -2.55. The standard InChI is InChI=1S/C21H22N2O/c1-16(20-23-14-15-24-20)19-21(12-13-22-19,17-8-4-2-5-9-17)18-10-6-3-7-11-18/h2-11,22H,12-15H2,1H3/b19-16-. The first-order valence-corrected chi connectivity index (χ1v) is 8.56. The Kier molecular flexibility index (Phi) is 3.85. The normalized spacial score (nSPS) is 21.0. The third kappa shape index (κ3) is 2.32. The molecule has 24 heavy (non-hydrogen) atoms. The molecule has 122 valence electrons. The molecule has 0 aromatic heterocycles. The zero-order valence-corrected chi connectivity index (χ0v) is 14.0. The lowest BCUT2D eigenvalue weighted by Gasteiger charge is -2.32. The van der Waals surface area contributed by atoms with E-state index in [1.165, 1.54) is 16.8 Å². The van der Waals surface area contributed by atoms with Crippen molar-refractivity contribution in [1.29, 1.82) is 0 Å². The lowest BCUT2D eigenvalue weighted by Crippen LogP contribution is -2.30. The molecule has 2 aliphatic rings. The molecule has 1 fully saturated rings. The largest absolute Gasteiger partial charge is 0.476 e. The molecule has 0 spiro atoms. The van der Waals surface area contributed by atoms with E-state index in [9.17, 15) is 0 Å². The molecule has 2 aliphatic heterocycles. The van der Waals surface area contributed by atoms with Gasteiger partial charge in [0.1, 0.15) is 6.61 Å². The van der Waals surface area contributed by atoms with Crippen LogP contribution in [0.5, 0.6) is 0 Å². The number of allylic oxidation sites excluding steroid dienone is 1. The van der Waals surface area contributed by atoms with Gasteiger partial charge in [-0.15, -0.1) is 0 Å². The molecular weight excluding hydrogens is 296 g/mol. The fourth-order valence-electron chi connectivity index (χ4n) is 3.96. The molecule has 0 atom stereocenters. The monoisotopic (exact) mass is 318 g/mol. The molecule has 0 aliphatic carbocycles. The van der Waals surface area contributed by atoms with Crippen LogP contribution in [0.3, 0.4) is 0 Å². The maximum atomic E-state index is 5.74. The van der Waals surface area contributed by atoms with E-state index in [1.807, 2.05) is 0 Å². The first kappa shape index (κ1) is 15.0. The van der Waals surface area contributed by atoms with Gasteiger partial charge < -0.3 is 10.1 Å². The van der Waals surface area contributed by atoms with Gasteiger partial charge in [0.25, 0.3) is 0 Å². The van der Waals surface area contributed by atoms with Crippen LogP contribution in [-0.2, 0) is 10.2 Å². The molecule has 0 unspecified atom stereocenters. The average molecular weight is 318 g/mol. The highest BCUT2D eigenvalue weighted by molar-refractivity contribution is 5.95. The summed E-state index contributed by atoms with van der Waals surface area (Å²) in [6.07, 6.45) is 1.03. The average Bonchev–Trinajstić information content (AvgIpc) is 3.33. The molecule has 3 nitrogen and oxygen atoms in total. The molecule has 2 aromatic rings. The van der Waals surface area contributed by atoms with E-state index in [2.05, 4.69) is 77.9 Å². The minimum atomic E-state index is -0.166. The number of nitrogens with one attached hydrogen (secondary N) is 1. The van der Waals surface area contributed by atoms with Crippen LogP contribution in [0.4, 0.5) is 0 Å². The Morgan fingerprint density at radius 3 is 2.17 bits per heavy atom. The summed E-state index contributed by atoms with van der Waals surface area (Å²) in [5.74, 6) is 0.788. The van der Waals surface area contributed by atoms with Gasteiger partial charge >= 0.3 is 0 Å². The molecule has 2 aromatic carbocycles. The highest BCUT2D eigenvalue weighted by Gasteiger charge is 2.43. The SMILES string of the molecule is C/C(C1=NCCO1)=C1/NCCC1(c1ccccc1)c1ccccc1. The van der Waals surface area contributed by atoms with Crippen molar-refractivity contribution in [3.8, 4) is 0 Å². The van der Waals surface area contributed by atoms with Gasteiger partial charge in [0.05, 0.1) is 12.0 Å². The van der Waals surface area contributed by atoms with Crippen LogP contribution in [0.1, 0.15) is 24.5 Å². The maximum absolute atomic E-state index is 5.74. The first-order valence-electron chi connectivity index (χ1n) is 8.56. The molecule has 0 radical (unpaired) electrons. The van der Waals surface area contributed by atoms with Crippen LogP contribution in [0.15, 0.2) is 76.9 Å². The van der Waals surface area contributed by atoms with E-state index in [0.29, 0.717) is 6.61 Å². The van der Waals surface area contributed by atoms with Crippen molar-refractivity contribution in [3.63, 3.8) is 0 Å². The van der Waals surface area contributed by atoms with Crippen molar-refractivity contribution in [2.24, 2.45) is 4.99 Å². The van der Waals surface area contributed by atoms with Gasteiger partial charge in [-0.05, 0) is 24.5 Å². The molecule has 3 heteroatoms. The van der Waals surface area contributed by atoms with Crippen LogP contribution in [0.2, 0.25) is 0 Å². The number of hydrogen-bond donors (Lipinski definition) is 1. The Balaban J connectivity index is 1.95. The summed E-state index contributed by atoms with van der Waals surface area (Å²) in [5, 5.41) is 3.64. The molecule has 0 amide bonds. The highest BCUT2D eigenvalue weighted by atomic mass is 16.5. The lowest BCUT2D eigenvalue weighted by molar-refractivity contribution is 0.346. The molecule has 1 N–H and O–H groups in total. The lowest BCUT2D eigenvalue weighted by atomic mass is 9.70. The third-order valence-electron chi connectivity index (χ3n) is 5.04. The maximum Gasteiger partial charge on any atom is 0.213 e. The summed E-state index contributed by atoms with van der Waals surface area (Å²) in [7, 11) is 0. The van der Waals surface area contributed by atoms with E-state index in [-0.39, 0.29) is 5.41 Å². The zero-order valence-electron chi connectivity index (χ0n) is 14.0. The summed E-state index contributed by atoms with van der Waals surface area (Å²) >= 11 is 0. The second-order valence-corrected chi connectivity index (χ2v) is 6.35. The van der Waals surface area contributed by atoms with E-state index >= 15 is 0 Å². The molecule has 0 bridgehead atoms. The third-order valence-corrected chi connectivity index (χ3v) is 5.04. The van der Waals surface area contributed by atoms with Gasteiger partial charge in [-0.3, -0.25) is 0 Å². The first-order chi connectivity index (χ1) is 11.8. The zero-order chi connectivity index (χ0) is 16.4.